The van der Waals surface area contributed by atoms with E-state index in [-0.39, 0.29) is 5.91 Å². The van der Waals surface area contributed by atoms with Crippen molar-refractivity contribution in [2.75, 3.05) is 5.32 Å². The minimum Gasteiger partial charge on any atom is -0.323 e. The highest BCUT2D eigenvalue weighted by Crippen LogP contribution is 2.44. The van der Waals surface area contributed by atoms with Gasteiger partial charge in [0.15, 0.2) is 0 Å². The summed E-state index contributed by atoms with van der Waals surface area (Å²) in [4.78, 5) is 13.5. The highest BCUT2D eigenvalue weighted by molar-refractivity contribution is 9.11. The van der Waals surface area contributed by atoms with Crippen LogP contribution in [0.25, 0.3) is 0 Å². The van der Waals surface area contributed by atoms with Crippen LogP contribution in [-0.2, 0) is 10.2 Å². The zero-order valence-corrected chi connectivity index (χ0v) is 19.3. The van der Waals surface area contributed by atoms with Crippen LogP contribution in [0.2, 0.25) is 0 Å². The first kappa shape index (κ1) is 20.2. The summed E-state index contributed by atoms with van der Waals surface area (Å²) in [5, 5.41) is 3.26. The van der Waals surface area contributed by atoms with E-state index in [1.165, 1.54) is 37.7 Å². The van der Waals surface area contributed by atoms with Crippen LogP contribution in [0.15, 0.2) is 51.4 Å². The van der Waals surface area contributed by atoms with Crippen molar-refractivity contribution in [1.82, 2.24) is 0 Å². The number of hydrogen-bond donors (Lipinski definition) is 1. The van der Waals surface area contributed by atoms with Crippen molar-refractivity contribution in [1.29, 1.82) is 0 Å². The summed E-state index contributed by atoms with van der Waals surface area (Å²) in [6.45, 7) is 0. The summed E-state index contributed by atoms with van der Waals surface area (Å²) >= 11 is 7.46. The molecule has 2 nitrogen and oxygen atoms in total. The van der Waals surface area contributed by atoms with Crippen molar-refractivity contribution < 1.29 is 4.79 Å². The molecule has 2 fully saturated rings. The van der Waals surface area contributed by atoms with Crippen LogP contribution in [0, 0.1) is 0 Å². The molecule has 2 aromatic rings. The van der Waals surface area contributed by atoms with Gasteiger partial charge in [0.05, 0.1) is 11.1 Å². The molecule has 0 radical (unpaired) electrons. The first-order chi connectivity index (χ1) is 13.6. The van der Waals surface area contributed by atoms with E-state index in [0.29, 0.717) is 5.92 Å². The Bertz CT molecular complexity index is 814. The molecule has 0 bridgehead atoms. The molecule has 2 aliphatic rings. The lowest BCUT2D eigenvalue weighted by molar-refractivity contribution is -0.121. The largest absolute Gasteiger partial charge is 0.323 e. The van der Waals surface area contributed by atoms with Crippen LogP contribution < -0.4 is 5.32 Å². The lowest BCUT2D eigenvalue weighted by Crippen LogP contribution is -2.38. The molecule has 0 spiro atoms. The second-order valence-electron chi connectivity index (χ2n) is 8.30. The Labute approximate surface area is 184 Å². The van der Waals surface area contributed by atoms with Gasteiger partial charge in [0, 0.05) is 8.95 Å². The number of amides is 1. The summed E-state index contributed by atoms with van der Waals surface area (Å²) in [6, 6.07) is 14.7. The fourth-order valence-electron chi connectivity index (χ4n) is 5.00. The number of nitrogens with one attached hydrogen (secondary N) is 1. The molecule has 28 heavy (non-hydrogen) atoms. The van der Waals surface area contributed by atoms with Crippen LogP contribution in [0.4, 0.5) is 5.69 Å². The predicted octanol–water partition coefficient (Wildman–Crippen LogP) is 7.71. The average Bonchev–Trinajstić information content (AvgIpc) is 3.23. The van der Waals surface area contributed by atoms with E-state index in [2.05, 4.69) is 61.4 Å². The zero-order chi connectivity index (χ0) is 19.6. The predicted molar refractivity (Wildman–Crippen MR) is 123 cm³/mol. The summed E-state index contributed by atoms with van der Waals surface area (Å²) < 4.78 is 1.94. The number of rotatable bonds is 4. The van der Waals surface area contributed by atoms with Crippen molar-refractivity contribution in [2.24, 2.45) is 0 Å². The topological polar surface area (TPSA) is 29.1 Å². The number of carbonyl (C=O) groups excluding carboxylic acids is 1. The maximum Gasteiger partial charge on any atom is 0.235 e. The highest BCUT2D eigenvalue weighted by atomic mass is 79.9. The summed E-state index contributed by atoms with van der Waals surface area (Å²) in [5.74, 6) is 0.750. The molecule has 0 heterocycles. The first-order valence-electron chi connectivity index (χ1n) is 10.5. The maximum atomic E-state index is 13.5. The van der Waals surface area contributed by atoms with E-state index in [0.717, 1.165) is 45.9 Å². The molecule has 1 N–H and O–H groups in total. The summed E-state index contributed by atoms with van der Waals surface area (Å²) in [5.41, 5.74) is 2.94. The summed E-state index contributed by atoms with van der Waals surface area (Å²) in [7, 11) is 0. The molecular formula is C24H27Br2NO. The number of anilines is 1. The number of halogens is 2. The Morgan fingerprint density at radius 2 is 1.50 bits per heavy atom. The van der Waals surface area contributed by atoms with E-state index >= 15 is 0 Å². The van der Waals surface area contributed by atoms with E-state index in [1.807, 2.05) is 18.2 Å². The van der Waals surface area contributed by atoms with E-state index in [4.69, 9.17) is 0 Å². The fraction of sp³-hybridized carbons (Fsp3) is 0.458. The molecule has 4 rings (SSSR count). The van der Waals surface area contributed by atoms with Crippen molar-refractivity contribution in [3.63, 3.8) is 0 Å². The molecule has 0 aliphatic heterocycles. The number of carbonyl (C=O) groups is 1. The van der Waals surface area contributed by atoms with E-state index in [9.17, 15) is 4.79 Å². The Morgan fingerprint density at radius 1 is 0.893 bits per heavy atom. The minimum absolute atomic E-state index is 0.114. The molecular weight excluding hydrogens is 478 g/mol. The van der Waals surface area contributed by atoms with Gasteiger partial charge in [-0.1, -0.05) is 62.4 Å². The molecule has 0 unspecified atom stereocenters. The monoisotopic (exact) mass is 503 g/mol. The van der Waals surface area contributed by atoms with Crippen LogP contribution >= 0.6 is 31.9 Å². The Kier molecular flexibility index (Phi) is 6.27. The van der Waals surface area contributed by atoms with Crippen molar-refractivity contribution in [3.8, 4) is 0 Å². The van der Waals surface area contributed by atoms with E-state index in [1.54, 1.807) is 0 Å². The van der Waals surface area contributed by atoms with Crippen LogP contribution in [0.1, 0.15) is 74.8 Å². The Hall–Kier alpha value is -1.13. The normalized spacial score (nSPS) is 19.5. The molecule has 1 amide bonds. The minimum atomic E-state index is -0.415. The van der Waals surface area contributed by atoms with Gasteiger partial charge in [0.25, 0.3) is 0 Å². The van der Waals surface area contributed by atoms with Gasteiger partial charge in [-0.3, -0.25) is 4.79 Å². The molecule has 2 saturated carbocycles. The fourth-order valence-corrected chi connectivity index (χ4v) is 6.42. The number of hydrogen-bond acceptors (Lipinski definition) is 1. The molecule has 4 heteroatoms. The SMILES string of the molecule is O=C(Nc1c(Br)cc(C2CCCCC2)cc1Br)C1(c2ccccc2)CCCC1. The van der Waals surface area contributed by atoms with Gasteiger partial charge in [0.2, 0.25) is 5.91 Å². The van der Waals surface area contributed by atoms with Crippen molar-refractivity contribution in [2.45, 2.75) is 69.1 Å². The van der Waals surface area contributed by atoms with Gasteiger partial charge in [-0.15, -0.1) is 0 Å². The average molecular weight is 505 g/mol. The second-order valence-corrected chi connectivity index (χ2v) is 10.0. The van der Waals surface area contributed by atoms with Crippen molar-refractivity contribution in [3.05, 3.63) is 62.5 Å². The van der Waals surface area contributed by atoms with E-state index < -0.39 is 5.41 Å². The molecule has 0 aromatic heterocycles. The van der Waals surface area contributed by atoms with Crippen LogP contribution in [-0.4, -0.2) is 5.91 Å². The van der Waals surface area contributed by atoms with Crippen molar-refractivity contribution >= 4 is 43.5 Å². The molecule has 2 aromatic carbocycles. The van der Waals surface area contributed by atoms with Gasteiger partial charge in [0.1, 0.15) is 0 Å². The third-order valence-electron chi connectivity index (χ3n) is 6.60. The Morgan fingerprint density at radius 3 is 2.11 bits per heavy atom. The number of benzene rings is 2. The third kappa shape index (κ3) is 3.95. The summed E-state index contributed by atoms with van der Waals surface area (Å²) in [6.07, 6.45) is 10.6. The van der Waals surface area contributed by atoms with Gasteiger partial charge in [-0.05, 0) is 86.7 Å². The lowest BCUT2D eigenvalue weighted by atomic mass is 9.78. The first-order valence-corrected chi connectivity index (χ1v) is 12.0. The quantitative estimate of drug-likeness (QED) is 0.453. The van der Waals surface area contributed by atoms with Crippen LogP contribution in [0.3, 0.4) is 0 Å². The molecule has 0 saturated heterocycles. The maximum absolute atomic E-state index is 13.5. The zero-order valence-electron chi connectivity index (χ0n) is 16.1. The second kappa shape index (κ2) is 8.71. The Balaban J connectivity index is 1.60. The molecule has 148 valence electrons. The third-order valence-corrected chi connectivity index (χ3v) is 7.85. The van der Waals surface area contributed by atoms with Gasteiger partial charge < -0.3 is 5.32 Å². The smallest absolute Gasteiger partial charge is 0.235 e. The van der Waals surface area contributed by atoms with Crippen LogP contribution in [0.5, 0.6) is 0 Å². The standard InChI is InChI=1S/C24H27Br2NO/c25-20-15-18(17-9-3-1-4-10-17)16-21(26)22(20)27-23(28)24(13-7-8-14-24)19-11-5-2-6-12-19/h2,5-6,11-12,15-17H,1,3-4,7-10,13-14H2,(H,27,28). The lowest BCUT2D eigenvalue weighted by Gasteiger charge is -2.29. The highest BCUT2D eigenvalue weighted by Gasteiger charge is 2.42. The van der Waals surface area contributed by atoms with Gasteiger partial charge in [-0.2, -0.15) is 0 Å². The molecule has 0 atom stereocenters. The molecule has 2 aliphatic carbocycles. The van der Waals surface area contributed by atoms with Gasteiger partial charge >= 0.3 is 0 Å². The van der Waals surface area contributed by atoms with Gasteiger partial charge in [-0.25, -0.2) is 0 Å².